The fourth-order valence-corrected chi connectivity index (χ4v) is 2.24. The molecule has 1 aliphatic heterocycles. The Morgan fingerprint density at radius 1 is 1.11 bits per heavy atom. The Kier molecular flexibility index (Phi) is 2.56. The van der Waals surface area contributed by atoms with Gasteiger partial charge in [-0.3, -0.25) is 0 Å². The monoisotopic (exact) mass is 261 g/mol. The molecule has 19 heavy (non-hydrogen) atoms. The molecule has 1 fully saturated rings. The van der Waals surface area contributed by atoms with E-state index in [0.29, 0.717) is 5.46 Å². The molecule has 0 spiro atoms. The molecular weight excluding hydrogens is 244 g/mol. The summed E-state index contributed by atoms with van der Waals surface area (Å²) in [6.07, 6.45) is 1.79. The van der Waals surface area contributed by atoms with E-state index < -0.39 is 18.3 Å². The molecule has 1 aliphatic rings. The molecule has 2 heterocycles. The van der Waals surface area contributed by atoms with E-state index in [1.165, 1.54) is 6.07 Å². The van der Waals surface area contributed by atoms with Crippen molar-refractivity contribution in [2.45, 2.75) is 38.9 Å². The first-order valence-corrected chi connectivity index (χ1v) is 6.42. The molecule has 0 bridgehead atoms. The summed E-state index contributed by atoms with van der Waals surface area (Å²) in [5.41, 5.74) is 0.392. The molecule has 3 rings (SSSR count). The van der Waals surface area contributed by atoms with Gasteiger partial charge in [-0.2, -0.15) is 0 Å². The summed E-state index contributed by atoms with van der Waals surface area (Å²) in [6.45, 7) is 7.83. The Labute approximate surface area is 112 Å². The number of halogens is 1. The van der Waals surface area contributed by atoms with Crippen LogP contribution in [0.2, 0.25) is 0 Å². The molecule has 3 nitrogen and oxygen atoms in total. The van der Waals surface area contributed by atoms with Gasteiger partial charge in [-0.25, -0.2) is 4.39 Å². The summed E-state index contributed by atoms with van der Waals surface area (Å²) >= 11 is 0. The predicted octanol–water partition coefficient (Wildman–Crippen LogP) is 2.61. The fraction of sp³-hybridized carbons (Fsp3) is 0.429. The Bertz CT molecular complexity index is 619. The largest absolute Gasteiger partial charge is 0.497 e. The Hall–Kier alpha value is -1.33. The number of benzene rings is 1. The number of fused-ring (bicyclic) bond motifs is 1. The van der Waals surface area contributed by atoms with E-state index in [0.717, 1.165) is 10.9 Å². The zero-order valence-corrected chi connectivity index (χ0v) is 11.6. The van der Waals surface area contributed by atoms with Crippen LogP contribution >= 0.6 is 0 Å². The second-order valence-corrected chi connectivity index (χ2v) is 6.03. The van der Waals surface area contributed by atoms with Gasteiger partial charge in [-0.15, -0.1) is 0 Å². The van der Waals surface area contributed by atoms with Crippen LogP contribution < -0.4 is 5.46 Å². The number of hydrogen-bond acceptors (Lipinski definition) is 2. The minimum absolute atomic E-state index is 0.300. The van der Waals surface area contributed by atoms with Gasteiger partial charge < -0.3 is 14.3 Å². The van der Waals surface area contributed by atoms with Crippen LogP contribution in [0, 0.1) is 5.82 Å². The van der Waals surface area contributed by atoms with Crippen molar-refractivity contribution < 1.29 is 13.7 Å². The van der Waals surface area contributed by atoms with Gasteiger partial charge in [0.2, 0.25) is 0 Å². The topological polar surface area (TPSA) is 34.2 Å². The highest BCUT2D eigenvalue weighted by Gasteiger charge is 2.52. The summed E-state index contributed by atoms with van der Waals surface area (Å²) < 4.78 is 25.9. The molecule has 0 atom stereocenters. The smallest absolute Gasteiger partial charge is 0.399 e. The summed E-state index contributed by atoms with van der Waals surface area (Å²) in [4.78, 5) is 3.07. The quantitative estimate of drug-likeness (QED) is 0.800. The molecule has 1 saturated heterocycles. The van der Waals surface area contributed by atoms with Gasteiger partial charge in [0.15, 0.2) is 0 Å². The summed E-state index contributed by atoms with van der Waals surface area (Å²) in [5, 5.41) is 0.845. The zero-order chi connectivity index (χ0) is 13.8. The second-order valence-electron chi connectivity index (χ2n) is 6.03. The normalized spacial score (nSPS) is 21.2. The van der Waals surface area contributed by atoms with E-state index in [-0.39, 0.29) is 5.82 Å². The second kappa shape index (κ2) is 3.84. The molecule has 1 aromatic heterocycles. The molecule has 0 radical (unpaired) electrons. The molecule has 100 valence electrons. The first-order valence-electron chi connectivity index (χ1n) is 6.42. The number of nitrogens with one attached hydrogen (secondary N) is 1. The van der Waals surface area contributed by atoms with Gasteiger partial charge in [0.05, 0.1) is 11.2 Å². The summed E-state index contributed by atoms with van der Waals surface area (Å²) in [7, 11) is -0.669. The maximum absolute atomic E-state index is 14.2. The summed E-state index contributed by atoms with van der Waals surface area (Å²) in [5.74, 6) is -0.300. The highest BCUT2D eigenvalue weighted by molar-refractivity contribution is 6.62. The van der Waals surface area contributed by atoms with Crippen molar-refractivity contribution >= 4 is 23.5 Å². The van der Waals surface area contributed by atoms with Crippen molar-refractivity contribution in [2.24, 2.45) is 0 Å². The van der Waals surface area contributed by atoms with Crippen molar-refractivity contribution in [2.75, 3.05) is 0 Å². The highest BCUT2D eigenvalue weighted by atomic mass is 19.1. The van der Waals surface area contributed by atoms with E-state index in [9.17, 15) is 4.39 Å². The SMILES string of the molecule is CC1(C)OB(c2cc3[nH]ccc3cc2F)OC1(C)C. The Morgan fingerprint density at radius 2 is 1.74 bits per heavy atom. The zero-order valence-electron chi connectivity index (χ0n) is 11.6. The lowest BCUT2D eigenvalue weighted by atomic mass is 9.78. The van der Waals surface area contributed by atoms with Crippen LogP contribution in [0.15, 0.2) is 24.4 Å². The minimum Gasteiger partial charge on any atom is -0.399 e. The molecule has 0 saturated carbocycles. The van der Waals surface area contributed by atoms with Crippen molar-refractivity contribution in [3.8, 4) is 0 Å². The average molecular weight is 261 g/mol. The lowest BCUT2D eigenvalue weighted by Gasteiger charge is -2.32. The third kappa shape index (κ3) is 1.88. The maximum atomic E-state index is 14.2. The Morgan fingerprint density at radius 3 is 2.37 bits per heavy atom. The highest BCUT2D eigenvalue weighted by Crippen LogP contribution is 2.36. The van der Waals surface area contributed by atoms with Crippen molar-refractivity contribution in [3.63, 3.8) is 0 Å². The van der Waals surface area contributed by atoms with Crippen LogP contribution in [0.3, 0.4) is 0 Å². The van der Waals surface area contributed by atoms with Crippen LogP contribution in [0.4, 0.5) is 4.39 Å². The molecule has 0 unspecified atom stereocenters. The van der Waals surface area contributed by atoms with Crippen LogP contribution in [0.5, 0.6) is 0 Å². The number of hydrogen-bond donors (Lipinski definition) is 1. The van der Waals surface area contributed by atoms with Crippen LogP contribution in [0.25, 0.3) is 10.9 Å². The molecule has 5 heteroatoms. The standard InChI is InChI=1S/C14H17BFNO2/c1-13(2)14(3,4)19-15(18-13)10-8-12-9(5-6-17-12)7-11(10)16/h5-8,17H,1-4H3. The van der Waals surface area contributed by atoms with Crippen LogP contribution in [-0.4, -0.2) is 23.3 Å². The van der Waals surface area contributed by atoms with Gasteiger partial charge in [-0.05, 0) is 45.9 Å². The number of rotatable bonds is 1. The molecule has 2 aromatic rings. The number of H-pyrrole nitrogens is 1. The summed E-state index contributed by atoms with van der Waals surface area (Å²) in [6, 6.07) is 5.10. The van der Waals surface area contributed by atoms with Gasteiger partial charge in [0, 0.05) is 22.6 Å². The van der Waals surface area contributed by atoms with Crippen LogP contribution in [-0.2, 0) is 9.31 Å². The van der Waals surface area contributed by atoms with E-state index in [4.69, 9.17) is 9.31 Å². The number of aromatic amines is 1. The third-order valence-electron chi connectivity index (χ3n) is 4.18. The van der Waals surface area contributed by atoms with E-state index in [1.54, 1.807) is 12.3 Å². The lowest BCUT2D eigenvalue weighted by Crippen LogP contribution is -2.41. The molecular formula is C14H17BFNO2. The van der Waals surface area contributed by atoms with Gasteiger partial charge in [0.25, 0.3) is 0 Å². The van der Waals surface area contributed by atoms with Crippen molar-refractivity contribution in [3.05, 3.63) is 30.2 Å². The average Bonchev–Trinajstić information content (AvgIpc) is 2.80. The van der Waals surface area contributed by atoms with E-state index in [1.807, 2.05) is 33.8 Å². The van der Waals surface area contributed by atoms with Crippen molar-refractivity contribution in [1.82, 2.24) is 4.98 Å². The Balaban J connectivity index is 2.04. The minimum atomic E-state index is -0.669. The van der Waals surface area contributed by atoms with Gasteiger partial charge in [-0.1, -0.05) is 0 Å². The maximum Gasteiger partial charge on any atom is 0.497 e. The van der Waals surface area contributed by atoms with Crippen LogP contribution in [0.1, 0.15) is 27.7 Å². The predicted molar refractivity (Wildman–Crippen MR) is 74.0 cm³/mol. The first-order chi connectivity index (χ1) is 8.80. The van der Waals surface area contributed by atoms with E-state index >= 15 is 0 Å². The lowest BCUT2D eigenvalue weighted by molar-refractivity contribution is 0.00578. The molecule has 0 amide bonds. The van der Waals surface area contributed by atoms with Gasteiger partial charge in [0.1, 0.15) is 5.82 Å². The van der Waals surface area contributed by atoms with Gasteiger partial charge >= 0.3 is 7.12 Å². The van der Waals surface area contributed by atoms with Crippen molar-refractivity contribution in [1.29, 1.82) is 0 Å². The molecule has 0 aliphatic carbocycles. The molecule has 1 N–H and O–H groups in total. The third-order valence-corrected chi connectivity index (χ3v) is 4.18. The number of aromatic nitrogens is 1. The first kappa shape index (κ1) is 12.7. The molecule has 1 aromatic carbocycles. The van der Waals surface area contributed by atoms with E-state index in [2.05, 4.69) is 4.98 Å². The fourth-order valence-electron chi connectivity index (χ4n) is 2.24.